The number of nitrogens with one attached hydrogen (secondary N) is 1. The van der Waals surface area contributed by atoms with Gasteiger partial charge in [0, 0.05) is 49.5 Å². The number of nitriles is 1. The van der Waals surface area contributed by atoms with E-state index < -0.39 is 0 Å². The second kappa shape index (κ2) is 7.58. The molecule has 1 N–H and O–H groups in total. The van der Waals surface area contributed by atoms with Gasteiger partial charge in [-0.2, -0.15) is 5.26 Å². The lowest BCUT2D eigenvalue weighted by molar-refractivity contribution is 0.415. The molecule has 0 saturated heterocycles. The zero-order valence-electron chi connectivity index (χ0n) is 15.0. The molecule has 0 radical (unpaired) electrons. The zero-order valence-corrected chi connectivity index (χ0v) is 15.0. The summed E-state index contributed by atoms with van der Waals surface area (Å²) >= 11 is 0. The van der Waals surface area contributed by atoms with Crippen LogP contribution in [-0.2, 0) is 0 Å². The fourth-order valence-corrected chi connectivity index (χ4v) is 2.68. The minimum Gasteiger partial charge on any atom is -0.497 e. The zero-order chi connectivity index (χ0) is 18.5. The molecule has 3 aromatic rings. The molecule has 0 fully saturated rings. The number of rotatable bonds is 5. The van der Waals surface area contributed by atoms with Gasteiger partial charge >= 0.3 is 0 Å². The number of anilines is 3. The first kappa shape index (κ1) is 17.3. The molecule has 0 aliphatic rings. The van der Waals surface area contributed by atoms with E-state index in [1.165, 1.54) is 0 Å². The summed E-state index contributed by atoms with van der Waals surface area (Å²) in [6.45, 7) is 0. The highest BCUT2D eigenvalue weighted by molar-refractivity contribution is 5.84. The molecule has 1 aromatic heterocycles. The predicted octanol–water partition coefficient (Wildman–Crippen LogP) is 4.44. The molecule has 0 aliphatic heterocycles. The van der Waals surface area contributed by atoms with Gasteiger partial charge in [0.1, 0.15) is 11.8 Å². The Kier molecular flexibility index (Phi) is 5.04. The lowest BCUT2D eigenvalue weighted by Crippen LogP contribution is -2.08. The molecule has 0 spiro atoms. The number of hydrogen-bond acceptors (Lipinski definition) is 5. The van der Waals surface area contributed by atoms with E-state index in [1.807, 2.05) is 67.5 Å². The lowest BCUT2D eigenvalue weighted by atomic mass is 10.0. The molecule has 2 aromatic carbocycles. The van der Waals surface area contributed by atoms with Crippen molar-refractivity contribution in [3.63, 3.8) is 0 Å². The predicted molar refractivity (Wildman–Crippen MR) is 105 cm³/mol. The molecule has 0 atom stereocenters. The van der Waals surface area contributed by atoms with Crippen LogP contribution in [0.3, 0.4) is 0 Å². The Morgan fingerprint density at radius 3 is 2.50 bits per heavy atom. The molecular formula is C21H20N4O. The average molecular weight is 344 g/mol. The van der Waals surface area contributed by atoms with Crippen molar-refractivity contribution in [3.8, 4) is 22.9 Å². The first-order valence-electron chi connectivity index (χ1n) is 8.19. The minimum atomic E-state index is 0.488. The standard InChI is InChI=1S/C21H20N4O/c1-25(2)18-9-7-15(8-10-18)20-14-23-13-16(12-22)21(20)24-17-5-4-6-19(11-17)26-3/h4-11,13-14H,1-3H3,(H,23,24). The van der Waals surface area contributed by atoms with E-state index in [0.29, 0.717) is 5.56 Å². The summed E-state index contributed by atoms with van der Waals surface area (Å²) in [5.41, 5.74) is 5.04. The van der Waals surface area contributed by atoms with Crippen molar-refractivity contribution in [2.45, 2.75) is 0 Å². The van der Waals surface area contributed by atoms with Gasteiger partial charge in [0.05, 0.1) is 18.4 Å². The fourth-order valence-electron chi connectivity index (χ4n) is 2.68. The number of ether oxygens (including phenoxy) is 1. The smallest absolute Gasteiger partial charge is 0.120 e. The molecule has 1 heterocycles. The largest absolute Gasteiger partial charge is 0.497 e. The highest BCUT2D eigenvalue weighted by Crippen LogP contribution is 2.33. The van der Waals surface area contributed by atoms with Crippen molar-refractivity contribution in [1.82, 2.24) is 4.98 Å². The van der Waals surface area contributed by atoms with E-state index in [4.69, 9.17) is 4.74 Å². The quantitative estimate of drug-likeness (QED) is 0.741. The highest BCUT2D eigenvalue weighted by atomic mass is 16.5. The molecule has 5 heteroatoms. The van der Waals surface area contributed by atoms with Gasteiger partial charge in [-0.05, 0) is 29.8 Å². The second-order valence-electron chi connectivity index (χ2n) is 6.02. The van der Waals surface area contributed by atoms with Crippen LogP contribution in [0, 0.1) is 11.3 Å². The van der Waals surface area contributed by atoms with Crippen LogP contribution in [0.15, 0.2) is 60.9 Å². The Bertz CT molecular complexity index is 943. The van der Waals surface area contributed by atoms with E-state index in [1.54, 1.807) is 19.5 Å². The number of benzene rings is 2. The van der Waals surface area contributed by atoms with E-state index >= 15 is 0 Å². The van der Waals surface area contributed by atoms with Gasteiger partial charge in [-0.1, -0.05) is 18.2 Å². The molecule has 5 nitrogen and oxygen atoms in total. The molecule has 3 rings (SSSR count). The van der Waals surface area contributed by atoms with Crippen molar-refractivity contribution < 1.29 is 4.74 Å². The van der Waals surface area contributed by atoms with Gasteiger partial charge in [-0.25, -0.2) is 0 Å². The van der Waals surface area contributed by atoms with Crippen LogP contribution >= 0.6 is 0 Å². The lowest BCUT2D eigenvalue weighted by Gasteiger charge is -2.16. The molecule has 0 bridgehead atoms. The molecule has 0 saturated carbocycles. The summed E-state index contributed by atoms with van der Waals surface area (Å²) in [5.74, 6) is 0.749. The maximum absolute atomic E-state index is 9.52. The van der Waals surface area contributed by atoms with Crippen LogP contribution in [-0.4, -0.2) is 26.2 Å². The van der Waals surface area contributed by atoms with Crippen LogP contribution in [0.1, 0.15) is 5.56 Å². The molecule has 0 aliphatic carbocycles. The van der Waals surface area contributed by atoms with E-state index in [-0.39, 0.29) is 0 Å². The monoisotopic (exact) mass is 344 g/mol. The number of nitrogens with zero attached hydrogens (tertiary/aromatic N) is 3. The number of pyridine rings is 1. The number of methoxy groups -OCH3 is 1. The van der Waals surface area contributed by atoms with Gasteiger partial charge < -0.3 is 15.0 Å². The molecular weight excluding hydrogens is 324 g/mol. The van der Waals surface area contributed by atoms with Gasteiger partial charge in [0.2, 0.25) is 0 Å². The molecule has 0 amide bonds. The third-order valence-corrected chi connectivity index (χ3v) is 4.10. The second-order valence-corrected chi connectivity index (χ2v) is 6.02. The third-order valence-electron chi connectivity index (χ3n) is 4.10. The van der Waals surface area contributed by atoms with Crippen LogP contribution in [0.25, 0.3) is 11.1 Å². The minimum absolute atomic E-state index is 0.488. The van der Waals surface area contributed by atoms with Crippen LogP contribution < -0.4 is 15.0 Å². The van der Waals surface area contributed by atoms with Crippen LogP contribution in [0.5, 0.6) is 5.75 Å². The van der Waals surface area contributed by atoms with E-state index in [9.17, 15) is 5.26 Å². The van der Waals surface area contributed by atoms with Gasteiger partial charge in [-0.3, -0.25) is 4.98 Å². The normalized spacial score (nSPS) is 10.1. The SMILES string of the molecule is COc1cccc(Nc2c(C#N)cncc2-c2ccc(N(C)C)cc2)c1. The van der Waals surface area contributed by atoms with Gasteiger partial charge in [0.15, 0.2) is 0 Å². The Morgan fingerprint density at radius 2 is 1.85 bits per heavy atom. The third kappa shape index (κ3) is 3.60. The Balaban J connectivity index is 2.05. The molecule has 0 unspecified atom stereocenters. The van der Waals surface area contributed by atoms with Crippen LogP contribution in [0.4, 0.5) is 17.1 Å². The maximum atomic E-state index is 9.52. The summed E-state index contributed by atoms with van der Waals surface area (Å²) in [5, 5.41) is 12.9. The summed E-state index contributed by atoms with van der Waals surface area (Å²) in [4.78, 5) is 6.27. The maximum Gasteiger partial charge on any atom is 0.120 e. The van der Waals surface area contributed by atoms with Crippen LogP contribution in [0.2, 0.25) is 0 Å². The summed E-state index contributed by atoms with van der Waals surface area (Å²) < 4.78 is 5.28. The molecule has 130 valence electrons. The Hall–Kier alpha value is -3.52. The number of hydrogen-bond donors (Lipinski definition) is 1. The van der Waals surface area contributed by atoms with Crippen molar-refractivity contribution >= 4 is 17.1 Å². The van der Waals surface area contributed by atoms with Crippen molar-refractivity contribution in [3.05, 3.63) is 66.5 Å². The average Bonchev–Trinajstić information content (AvgIpc) is 2.68. The van der Waals surface area contributed by atoms with Crippen molar-refractivity contribution in [2.24, 2.45) is 0 Å². The summed E-state index contributed by atoms with van der Waals surface area (Å²) in [7, 11) is 5.63. The number of aromatic nitrogens is 1. The highest BCUT2D eigenvalue weighted by Gasteiger charge is 2.12. The Morgan fingerprint density at radius 1 is 1.08 bits per heavy atom. The van der Waals surface area contributed by atoms with Crippen molar-refractivity contribution in [2.75, 3.05) is 31.4 Å². The van der Waals surface area contributed by atoms with Gasteiger partial charge in [0.25, 0.3) is 0 Å². The van der Waals surface area contributed by atoms with E-state index in [2.05, 4.69) is 16.4 Å². The van der Waals surface area contributed by atoms with E-state index in [0.717, 1.165) is 33.9 Å². The topological polar surface area (TPSA) is 61.2 Å². The van der Waals surface area contributed by atoms with Gasteiger partial charge in [-0.15, -0.1) is 0 Å². The first-order chi connectivity index (χ1) is 12.6. The van der Waals surface area contributed by atoms with Crippen molar-refractivity contribution in [1.29, 1.82) is 5.26 Å². The fraction of sp³-hybridized carbons (Fsp3) is 0.143. The first-order valence-corrected chi connectivity index (χ1v) is 8.19. The summed E-state index contributed by atoms with van der Waals surface area (Å²) in [6.07, 6.45) is 3.34. The molecule has 26 heavy (non-hydrogen) atoms. The summed E-state index contributed by atoms with van der Waals surface area (Å²) in [6, 6.07) is 18.0. The Labute approximate surface area is 153 Å².